The Balaban J connectivity index is 2.99. The molecule has 0 N–H and O–H groups in total. The van der Waals surface area contributed by atoms with Crippen LogP contribution < -0.4 is 4.52 Å². The summed E-state index contributed by atoms with van der Waals surface area (Å²) in [5.74, 6) is 0.858. The third-order valence-electron chi connectivity index (χ3n) is 2.12. The van der Waals surface area contributed by atoms with Crippen LogP contribution in [0.25, 0.3) is 0 Å². The van der Waals surface area contributed by atoms with Crippen molar-refractivity contribution in [2.24, 2.45) is 0 Å². The maximum absolute atomic E-state index is 10.7. The van der Waals surface area contributed by atoms with Crippen molar-refractivity contribution in [1.29, 1.82) is 0 Å². The number of hydrogen-bond donors (Lipinski definition) is 0. The average Bonchev–Trinajstić information content (AvgIpc) is 2.28. The molecule has 0 fully saturated rings. The minimum atomic E-state index is 0.336. The minimum Gasteiger partial charge on any atom is -0.473 e. The molecule has 1 aromatic carbocycles. The predicted octanol–water partition coefficient (Wildman–Crippen LogP) is 3.77. The fourth-order valence-electron chi connectivity index (χ4n) is 1.31. The number of carbonyl (C=O) groups excluding carboxylic acids is 1. The molecule has 0 spiro atoms. The van der Waals surface area contributed by atoms with Crippen LogP contribution >= 0.6 is 17.4 Å². The van der Waals surface area contributed by atoms with E-state index in [1.807, 2.05) is 12.1 Å². The van der Waals surface area contributed by atoms with Crippen molar-refractivity contribution in [1.82, 2.24) is 0 Å². The highest BCUT2D eigenvalue weighted by molar-refractivity contribution is 8.00. The van der Waals surface area contributed by atoms with Crippen LogP contribution in [0.4, 0.5) is 0 Å². The van der Waals surface area contributed by atoms with Crippen molar-refractivity contribution < 1.29 is 9.32 Å². The third-order valence-corrected chi connectivity index (χ3v) is 2.81. The van der Waals surface area contributed by atoms with Gasteiger partial charge in [0.1, 0.15) is 12.0 Å². The number of aldehydes is 1. The number of allylic oxidation sites excluding steroid dienone is 2. The van der Waals surface area contributed by atoms with Gasteiger partial charge in [0.05, 0.1) is 8.50 Å². The first-order valence-electron chi connectivity index (χ1n) is 5.01. The molecule has 2 atom stereocenters. The maximum Gasteiger partial charge on any atom is 0.150 e. The Labute approximate surface area is 100 Å². The first kappa shape index (κ1) is 13.4. The Kier molecular flexibility index (Phi) is 5.66. The van der Waals surface area contributed by atoms with Crippen molar-refractivity contribution in [2.45, 2.75) is 20.3 Å². The zero-order valence-electron chi connectivity index (χ0n) is 9.49. The van der Waals surface area contributed by atoms with E-state index in [9.17, 15) is 4.79 Å². The van der Waals surface area contributed by atoms with Gasteiger partial charge in [-0.1, -0.05) is 20.6 Å². The van der Waals surface area contributed by atoms with Crippen molar-refractivity contribution >= 4 is 23.7 Å². The Bertz CT molecular complexity index is 396. The quantitative estimate of drug-likeness (QED) is 0.454. The fourth-order valence-corrected chi connectivity index (χ4v) is 2.02. The molecular formula is C12H16O2P2. The molecule has 2 unspecified atom stereocenters. The lowest BCUT2D eigenvalue weighted by molar-refractivity contribution is 0.112. The van der Waals surface area contributed by atoms with Crippen molar-refractivity contribution in [3.8, 4) is 5.75 Å². The van der Waals surface area contributed by atoms with Crippen molar-refractivity contribution in [2.75, 3.05) is 0 Å². The second kappa shape index (κ2) is 6.78. The monoisotopic (exact) mass is 254 g/mol. The van der Waals surface area contributed by atoms with Gasteiger partial charge in [0, 0.05) is 5.56 Å². The lowest BCUT2D eigenvalue weighted by Gasteiger charge is -2.08. The molecule has 0 saturated carbocycles. The van der Waals surface area contributed by atoms with Crippen molar-refractivity contribution in [3.63, 3.8) is 0 Å². The summed E-state index contributed by atoms with van der Waals surface area (Å²) < 4.78 is 5.51. The van der Waals surface area contributed by atoms with Gasteiger partial charge in [-0.25, -0.2) is 0 Å². The number of carbonyl (C=O) groups is 1. The van der Waals surface area contributed by atoms with Gasteiger partial charge in [-0.2, -0.15) is 0 Å². The van der Waals surface area contributed by atoms with Gasteiger partial charge in [0.25, 0.3) is 0 Å². The lowest BCUT2D eigenvalue weighted by atomic mass is 10.1. The van der Waals surface area contributed by atoms with Crippen LogP contribution in [0, 0.1) is 0 Å². The van der Waals surface area contributed by atoms with Gasteiger partial charge in [0.2, 0.25) is 0 Å². The Morgan fingerprint density at radius 1 is 1.50 bits per heavy atom. The lowest BCUT2D eigenvalue weighted by Crippen LogP contribution is -1.90. The van der Waals surface area contributed by atoms with Crippen molar-refractivity contribution in [3.05, 3.63) is 41.0 Å². The summed E-state index contributed by atoms with van der Waals surface area (Å²) >= 11 is 0. The van der Waals surface area contributed by atoms with Crippen LogP contribution in [-0.4, -0.2) is 6.29 Å². The summed E-state index contributed by atoms with van der Waals surface area (Å²) in [5.41, 5.74) is 3.01. The van der Waals surface area contributed by atoms with E-state index in [-0.39, 0.29) is 0 Å². The van der Waals surface area contributed by atoms with E-state index in [1.54, 1.807) is 6.07 Å². The van der Waals surface area contributed by atoms with E-state index >= 15 is 0 Å². The molecular weight excluding hydrogens is 238 g/mol. The van der Waals surface area contributed by atoms with E-state index < -0.39 is 0 Å². The Morgan fingerprint density at radius 2 is 2.25 bits per heavy atom. The summed E-state index contributed by atoms with van der Waals surface area (Å²) in [6.45, 7) is 4.11. The molecule has 0 amide bonds. The van der Waals surface area contributed by atoms with E-state index in [0.29, 0.717) is 14.1 Å². The molecule has 2 nitrogen and oxygen atoms in total. The normalized spacial score (nSPS) is 10.4. The van der Waals surface area contributed by atoms with E-state index in [0.717, 1.165) is 24.0 Å². The molecule has 0 bridgehead atoms. The molecule has 0 heterocycles. The molecule has 16 heavy (non-hydrogen) atoms. The standard InChI is InChI=1S/C12H16O2P2/c1-9(2)3-5-11-7-10(8-13)4-6-12(11)14-16-15/h3-4,6-8,16H,5,15H2,1-2H3. The highest BCUT2D eigenvalue weighted by Gasteiger charge is 2.03. The Morgan fingerprint density at radius 3 is 2.81 bits per heavy atom. The number of hydrogen-bond acceptors (Lipinski definition) is 2. The molecule has 4 heteroatoms. The first-order valence-corrected chi connectivity index (χ1v) is 7.73. The van der Waals surface area contributed by atoms with E-state index in [2.05, 4.69) is 28.9 Å². The SMILES string of the molecule is CC(C)=CCc1cc(C=O)ccc1OPP. The molecule has 0 aliphatic carbocycles. The summed E-state index contributed by atoms with van der Waals surface area (Å²) in [5, 5.41) is 0. The van der Waals surface area contributed by atoms with Crippen LogP contribution in [-0.2, 0) is 6.42 Å². The van der Waals surface area contributed by atoms with Gasteiger partial charge in [-0.05, 0) is 44.0 Å². The molecule has 1 aromatic rings. The second-order valence-corrected chi connectivity index (χ2v) is 4.84. The predicted molar refractivity (Wildman–Crippen MR) is 73.6 cm³/mol. The van der Waals surface area contributed by atoms with E-state index in [1.165, 1.54) is 5.57 Å². The molecule has 0 aliphatic heterocycles. The van der Waals surface area contributed by atoms with Gasteiger partial charge in [-0.15, -0.1) is 0 Å². The topological polar surface area (TPSA) is 26.3 Å². The Hall–Kier alpha value is -0.710. The minimum absolute atomic E-state index is 0.336. The molecule has 0 aromatic heterocycles. The number of benzene rings is 1. The highest BCUT2D eigenvalue weighted by Crippen LogP contribution is 2.30. The molecule has 1 rings (SSSR count). The van der Waals surface area contributed by atoms with Crippen LogP contribution in [0.2, 0.25) is 0 Å². The largest absolute Gasteiger partial charge is 0.473 e. The summed E-state index contributed by atoms with van der Waals surface area (Å²) in [4.78, 5) is 10.7. The van der Waals surface area contributed by atoms with Crippen LogP contribution in [0.1, 0.15) is 29.8 Å². The zero-order chi connectivity index (χ0) is 12.0. The third kappa shape index (κ3) is 4.04. The fraction of sp³-hybridized carbons (Fsp3) is 0.250. The highest BCUT2D eigenvalue weighted by atomic mass is 32.0. The van der Waals surface area contributed by atoms with Crippen LogP contribution in [0.5, 0.6) is 5.75 Å². The number of rotatable bonds is 5. The summed E-state index contributed by atoms with van der Waals surface area (Å²) in [6, 6.07) is 5.51. The first-order chi connectivity index (χ1) is 7.67. The van der Waals surface area contributed by atoms with Gasteiger partial charge < -0.3 is 4.52 Å². The van der Waals surface area contributed by atoms with Gasteiger partial charge in [-0.3, -0.25) is 4.79 Å². The maximum atomic E-state index is 10.7. The summed E-state index contributed by atoms with van der Waals surface area (Å²) in [7, 11) is 2.89. The van der Waals surface area contributed by atoms with Gasteiger partial charge in [0.15, 0.2) is 0 Å². The smallest absolute Gasteiger partial charge is 0.150 e. The molecule has 0 radical (unpaired) electrons. The molecule has 0 saturated heterocycles. The van der Waals surface area contributed by atoms with Crippen LogP contribution in [0.15, 0.2) is 29.8 Å². The second-order valence-electron chi connectivity index (χ2n) is 3.69. The van der Waals surface area contributed by atoms with Crippen LogP contribution in [0.3, 0.4) is 0 Å². The summed E-state index contributed by atoms with van der Waals surface area (Å²) in [6.07, 6.45) is 3.79. The molecule has 0 aliphatic rings. The molecule has 86 valence electrons. The average molecular weight is 254 g/mol. The zero-order valence-corrected chi connectivity index (χ0v) is 11.6. The van der Waals surface area contributed by atoms with Gasteiger partial charge >= 0.3 is 0 Å². The van der Waals surface area contributed by atoms with E-state index in [4.69, 9.17) is 4.52 Å².